The summed E-state index contributed by atoms with van der Waals surface area (Å²) in [4.78, 5) is 15.8. The molecule has 1 heterocycles. The predicted octanol–water partition coefficient (Wildman–Crippen LogP) is 0.898. The smallest absolute Gasteiger partial charge is 0.250 e. The molecule has 0 bridgehead atoms. The first-order valence-corrected chi connectivity index (χ1v) is 6.60. The van der Waals surface area contributed by atoms with Crippen molar-refractivity contribution in [2.45, 2.75) is 18.9 Å². The van der Waals surface area contributed by atoms with E-state index in [4.69, 9.17) is 11.5 Å². The van der Waals surface area contributed by atoms with E-state index < -0.39 is 5.91 Å². The fraction of sp³-hybridized carbons (Fsp3) is 0.500. The summed E-state index contributed by atoms with van der Waals surface area (Å²) in [6.45, 7) is 1.91. The van der Waals surface area contributed by atoms with Crippen molar-refractivity contribution < 1.29 is 4.79 Å². The van der Waals surface area contributed by atoms with Gasteiger partial charge in [0.2, 0.25) is 0 Å². The zero-order valence-electron chi connectivity index (χ0n) is 11.6. The standard InChI is InChI=1S/C14H22N4O/c1-17(2)10-6-8-18(9-7-10)12-5-3-4-11(13(12)15)14(16)19/h3-5,10H,6-9,15H2,1-2H3,(H2,16,19). The van der Waals surface area contributed by atoms with Crippen LogP contribution in [-0.4, -0.2) is 44.0 Å². The minimum atomic E-state index is -0.470. The topological polar surface area (TPSA) is 75.6 Å². The first-order chi connectivity index (χ1) is 9.00. The van der Waals surface area contributed by atoms with Gasteiger partial charge < -0.3 is 21.3 Å². The molecule has 1 saturated heterocycles. The summed E-state index contributed by atoms with van der Waals surface area (Å²) < 4.78 is 0. The van der Waals surface area contributed by atoms with Crippen LogP contribution in [0.3, 0.4) is 0 Å². The largest absolute Gasteiger partial charge is 0.396 e. The lowest BCUT2D eigenvalue weighted by Crippen LogP contribution is -2.42. The second kappa shape index (κ2) is 5.48. The summed E-state index contributed by atoms with van der Waals surface area (Å²) in [6.07, 6.45) is 2.21. The maximum absolute atomic E-state index is 11.3. The number of para-hydroxylation sites is 1. The number of anilines is 2. The molecule has 0 atom stereocenters. The summed E-state index contributed by atoms with van der Waals surface area (Å²) in [5.41, 5.74) is 13.2. The summed E-state index contributed by atoms with van der Waals surface area (Å²) in [5, 5.41) is 0. The van der Waals surface area contributed by atoms with Crippen LogP contribution in [0, 0.1) is 0 Å². The van der Waals surface area contributed by atoms with Gasteiger partial charge in [0.25, 0.3) is 5.91 Å². The predicted molar refractivity (Wildman–Crippen MR) is 78.3 cm³/mol. The van der Waals surface area contributed by atoms with Crippen LogP contribution in [0.25, 0.3) is 0 Å². The number of nitrogen functional groups attached to an aromatic ring is 1. The molecule has 0 saturated carbocycles. The Morgan fingerprint density at radius 3 is 2.47 bits per heavy atom. The molecule has 1 aromatic rings. The maximum Gasteiger partial charge on any atom is 0.250 e. The van der Waals surface area contributed by atoms with E-state index in [0.717, 1.165) is 31.6 Å². The number of carbonyl (C=O) groups excluding carboxylic acids is 1. The number of rotatable bonds is 3. The van der Waals surface area contributed by atoms with Crippen LogP contribution >= 0.6 is 0 Å². The molecule has 4 N–H and O–H groups in total. The van der Waals surface area contributed by atoms with Gasteiger partial charge in [0.05, 0.1) is 16.9 Å². The highest BCUT2D eigenvalue weighted by Gasteiger charge is 2.22. The number of benzene rings is 1. The zero-order valence-corrected chi connectivity index (χ0v) is 11.6. The Labute approximate surface area is 114 Å². The average molecular weight is 262 g/mol. The van der Waals surface area contributed by atoms with E-state index in [2.05, 4.69) is 23.9 Å². The van der Waals surface area contributed by atoms with Crippen molar-refractivity contribution in [1.82, 2.24) is 4.90 Å². The van der Waals surface area contributed by atoms with Crippen LogP contribution in [0.5, 0.6) is 0 Å². The van der Waals surface area contributed by atoms with Crippen LogP contribution in [0.2, 0.25) is 0 Å². The minimum absolute atomic E-state index is 0.409. The van der Waals surface area contributed by atoms with Crippen molar-refractivity contribution in [3.05, 3.63) is 23.8 Å². The van der Waals surface area contributed by atoms with Crippen molar-refractivity contribution in [1.29, 1.82) is 0 Å². The van der Waals surface area contributed by atoms with Gasteiger partial charge in [-0.1, -0.05) is 6.07 Å². The molecule has 0 spiro atoms. The van der Waals surface area contributed by atoms with Crippen LogP contribution < -0.4 is 16.4 Å². The maximum atomic E-state index is 11.3. The van der Waals surface area contributed by atoms with Crippen molar-refractivity contribution in [2.75, 3.05) is 37.8 Å². The van der Waals surface area contributed by atoms with Gasteiger partial charge in [-0.25, -0.2) is 0 Å². The Balaban J connectivity index is 2.16. The summed E-state index contributed by atoms with van der Waals surface area (Å²) in [6, 6.07) is 6.09. The van der Waals surface area contributed by atoms with Gasteiger partial charge in [-0.2, -0.15) is 0 Å². The van der Waals surface area contributed by atoms with Crippen LogP contribution in [0.15, 0.2) is 18.2 Å². The molecule has 1 aliphatic heterocycles. The molecular formula is C14H22N4O. The van der Waals surface area contributed by atoms with Gasteiger partial charge >= 0.3 is 0 Å². The molecule has 0 radical (unpaired) electrons. The van der Waals surface area contributed by atoms with Crippen LogP contribution in [0.1, 0.15) is 23.2 Å². The van der Waals surface area contributed by atoms with Crippen LogP contribution in [-0.2, 0) is 0 Å². The highest BCUT2D eigenvalue weighted by Crippen LogP contribution is 2.29. The molecule has 1 aromatic carbocycles. The molecule has 1 fully saturated rings. The minimum Gasteiger partial charge on any atom is -0.396 e. The van der Waals surface area contributed by atoms with Crippen molar-refractivity contribution in [3.8, 4) is 0 Å². The Kier molecular flexibility index (Phi) is 3.95. The Morgan fingerprint density at radius 1 is 1.32 bits per heavy atom. The van der Waals surface area contributed by atoms with Crippen molar-refractivity contribution >= 4 is 17.3 Å². The zero-order chi connectivity index (χ0) is 14.0. The monoisotopic (exact) mass is 262 g/mol. The number of amides is 1. The number of piperidine rings is 1. The Hall–Kier alpha value is -1.75. The molecule has 1 amide bonds. The van der Waals surface area contributed by atoms with E-state index in [0.29, 0.717) is 17.3 Å². The molecule has 5 nitrogen and oxygen atoms in total. The second-order valence-corrected chi connectivity index (χ2v) is 5.28. The molecule has 5 heteroatoms. The molecule has 2 rings (SSSR count). The summed E-state index contributed by atoms with van der Waals surface area (Å²) in [5.74, 6) is -0.470. The fourth-order valence-electron chi connectivity index (χ4n) is 2.67. The van der Waals surface area contributed by atoms with E-state index in [1.54, 1.807) is 6.07 Å². The third-order valence-corrected chi connectivity index (χ3v) is 3.88. The molecule has 0 aromatic heterocycles. The van der Waals surface area contributed by atoms with Gasteiger partial charge in [-0.05, 0) is 39.1 Å². The van der Waals surface area contributed by atoms with E-state index in [-0.39, 0.29) is 0 Å². The lowest BCUT2D eigenvalue weighted by atomic mass is 10.0. The van der Waals surface area contributed by atoms with Gasteiger partial charge in [0, 0.05) is 19.1 Å². The Morgan fingerprint density at radius 2 is 1.95 bits per heavy atom. The normalized spacial score (nSPS) is 16.9. The quantitative estimate of drug-likeness (QED) is 0.794. The Bertz CT molecular complexity index is 465. The molecule has 0 aliphatic carbocycles. The van der Waals surface area contributed by atoms with Crippen molar-refractivity contribution in [2.24, 2.45) is 5.73 Å². The highest BCUT2D eigenvalue weighted by atomic mass is 16.1. The summed E-state index contributed by atoms with van der Waals surface area (Å²) in [7, 11) is 4.23. The lowest BCUT2D eigenvalue weighted by molar-refractivity contribution is 0.100. The van der Waals surface area contributed by atoms with E-state index in [1.807, 2.05) is 12.1 Å². The first-order valence-electron chi connectivity index (χ1n) is 6.60. The number of primary amides is 1. The molecular weight excluding hydrogens is 240 g/mol. The number of nitrogens with zero attached hydrogens (tertiary/aromatic N) is 2. The molecule has 104 valence electrons. The second-order valence-electron chi connectivity index (χ2n) is 5.28. The van der Waals surface area contributed by atoms with E-state index in [9.17, 15) is 4.79 Å². The average Bonchev–Trinajstić information content (AvgIpc) is 2.38. The van der Waals surface area contributed by atoms with E-state index in [1.165, 1.54) is 0 Å². The molecule has 1 aliphatic rings. The van der Waals surface area contributed by atoms with E-state index >= 15 is 0 Å². The number of nitrogens with two attached hydrogens (primary N) is 2. The number of hydrogen-bond donors (Lipinski definition) is 2. The van der Waals surface area contributed by atoms with Gasteiger partial charge in [-0.3, -0.25) is 4.79 Å². The molecule has 19 heavy (non-hydrogen) atoms. The fourth-order valence-corrected chi connectivity index (χ4v) is 2.67. The van der Waals surface area contributed by atoms with Crippen molar-refractivity contribution in [3.63, 3.8) is 0 Å². The first kappa shape index (κ1) is 13.7. The highest BCUT2D eigenvalue weighted by molar-refractivity contribution is 6.00. The SMILES string of the molecule is CN(C)C1CCN(c2cccc(C(N)=O)c2N)CC1. The molecule has 0 unspecified atom stereocenters. The number of hydrogen-bond acceptors (Lipinski definition) is 4. The van der Waals surface area contributed by atoms with Gasteiger partial charge in [0.15, 0.2) is 0 Å². The number of carbonyl (C=O) groups is 1. The third-order valence-electron chi connectivity index (χ3n) is 3.88. The van der Waals surface area contributed by atoms with Gasteiger partial charge in [0.1, 0.15) is 0 Å². The lowest BCUT2D eigenvalue weighted by Gasteiger charge is -2.37. The summed E-state index contributed by atoms with van der Waals surface area (Å²) >= 11 is 0. The third kappa shape index (κ3) is 2.81. The van der Waals surface area contributed by atoms with Gasteiger partial charge in [-0.15, -0.1) is 0 Å². The van der Waals surface area contributed by atoms with Crippen LogP contribution in [0.4, 0.5) is 11.4 Å².